The van der Waals surface area contributed by atoms with Crippen molar-refractivity contribution in [2.24, 2.45) is 10.9 Å². The Hall–Kier alpha value is -2.36. The van der Waals surface area contributed by atoms with E-state index in [1.165, 1.54) is 11.3 Å². The zero-order valence-electron chi connectivity index (χ0n) is 16.8. The minimum absolute atomic E-state index is 0.264. The van der Waals surface area contributed by atoms with Crippen LogP contribution in [0.1, 0.15) is 26.2 Å². The van der Waals surface area contributed by atoms with Crippen LogP contribution in [-0.2, 0) is 4.79 Å². The number of urea groups is 1. The summed E-state index contributed by atoms with van der Waals surface area (Å²) in [5.41, 5.74) is 0. The van der Waals surface area contributed by atoms with Gasteiger partial charge in [-0.15, -0.1) is 0 Å². The van der Waals surface area contributed by atoms with Gasteiger partial charge in [0.25, 0.3) is 5.91 Å². The van der Waals surface area contributed by atoms with Crippen LogP contribution in [-0.4, -0.2) is 87.2 Å². The van der Waals surface area contributed by atoms with Gasteiger partial charge in [-0.1, -0.05) is 18.7 Å². The summed E-state index contributed by atoms with van der Waals surface area (Å²) in [6.07, 6.45) is 6.49. The Morgan fingerprint density at radius 1 is 1.21 bits per heavy atom. The molecule has 3 amide bonds. The number of rotatable bonds is 5. The van der Waals surface area contributed by atoms with Crippen LogP contribution in [0.4, 0.5) is 4.79 Å². The molecule has 1 aromatic rings. The second kappa shape index (κ2) is 8.56. The summed E-state index contributed by atoms with van der Waals surface area (Å²) in [6, 6.07) is 0.943. The smallest absolute Gasteiger partial charge is 0.325 e. The third-order valence-electron chi connectivity index (χ3n) is 5.53. The molecule has 0 radical (unpaired) electrons. The van der Waals surface area contributed by atoms with E-state index < -0.39 is 12.2 Å². The van der Waals surface area contributed by atoms with E-state index in [0.717, 1.165) is 42.8 Å². The molecule has 4 heterocycles. The van der Waals surface area contributed by atoms with Crippen LogP contribution in [0, 0.1) is 5.92 Å². The number of nitrogens with one attached hydrogen (secondary N) is 1. The van der Waals surface area contributed by atoms with Crippen molar-refractivity contribution in [3.05, 3.63) is 18.5 Å². The number of carbonyl (C=O) groups is 2. The first kappa shape index (κ1) is 19.9. The number of aliphatic imine (C=N–C) groups is 1. The third-order valence-corrected chi connectivity index (χ3v) is 6.73. The van der Waals surface area contributed by atoms with Crippen LogP contribution < -0.4 is 5.32 Å². The van der Waals surface area contributed by atoms with E-state index in [1.807, 2.05) is 0 Å². The number of likely N-dealkylation sites (N-methyl/N-ethyl adjacent to an activating group) is 1. The summed E-state index contributed by atoms with van der Waals surface area (Å²) in [7, 11) is 1.70. The molecule has 2 fully saturated rings. The van der Waals surface area contributed by atoms with Crippen LogP contribution in [0.3, 0.4) is 0 Å². The number of fused-ring (bicyclic) bond motifs is 1. The van der Waals surface area contributed by atoms with E-state index in [2.05, 4.69) is 32.0 Å². The van der Waals surface area contributed by atoms with E-state index in [9.17, 15) is 9.59 Å². The molecule has 10 heteroatoms. The second-order valence-corrected chi connectivity index (χ2v) is 8.83. The predicted molar refractivity (Wildman–Crippen MR) is 110 cm³/mol. The van der Waals surface area contributed by atoms with Gasteiger partial charge in [-0.05, 0) is 31.2 Å². The Labute approximate surface area is 174 Å². The van der Waals surface area contributed by atoms with E-state index in [0.29, 0.717) is 6.54 Å². The van der Waals surface area contributed by atoms with Crippen LogP contribution in [0.5, 0.6) is 0 Å². The van der Waals surface area contributed by atoms with Crippen LogP contribution in [0.2, 0.25) is 0 Å². The van der Waals surface area contributed by atoms with Crippen molar-refractivity contribution in [2.45, 2.75) is 43.6 Å². The second-order valence-electron chi connectivity index (χ2n) is 7.84. The van der Waals surface area contributed by atoms with E-state index in [-0.39, 0.29) is 17.9 Å². The molecule has 3 aliphatic heterocycles. The average molecular weight is 418 g/mol. The van der Waals surface area contributed by atoms with Gasteiger partial charge >= 0.3 is 6.03 Å². The Morgan fingerprint density at radius 2 is 1.93 bits per heavy atom. The molecule has 3 aliphatic rings. The summed E-state index contributed by atoms with van der Waals surface area (Å²) in [5.74, 6) is 1.71. The lowest BCUT2D eigenvalue weighted by molar-refractivity contribution is -0.127. The van der Waals surface area contributed by atoms with Crippen LogP contribution in [0.25, 0.3) is 0 Å². The zero-order valence-corrected chi connectivity index (χ0v) is 17.6. The highest BCUT2D eigenvalue weighted by Gasteiger charge is 2.49. The number of imide groups is 1. The van der Waals surface area contributed by atoms with Crippen molar-refractivity contribution in [1.29, 1.82) is 0 Å². The molecule has 0 aromatic carbocycles. The highest BCUT2D eigenvalue weighted by Crippen LogP contribution is 2.28. The predicted octanol–water partition coefficient (Wildman–Crippen LogP) is 1.24. The van der Waals surface area contributed by atoms with Crippen molar-refractivity contribution in [2.75, 3.05) is 32.4 Å². The number of piperidine rings is 1. The van der Waals surface area contributed by atoms with Gasteiger partial charge in [-0.2, -0.15) is 0 Å². The maximum Gasteiger partial charge on any atom is 0.325 e. The number of nitrogens with zero attached hydrogens (tertiary/aromatic N) is 6. The molecule has 9 nitrogen and oxygen atoms in total. The van der Waals surface area contributed by atoms with Gasteiger partial charge in [-0.25, -0.2) is 19.8 Å². The highest BCUT2D eigenvalue weighted by molar-refractivity contribution is 7.99. The first-order chi connectivity index (χ1) is 14.0. The molecule has 0 aliphatic carbocycles. The SMILES string of the molecule is CC(CSc1ncccn1)CN1C(N2CCCCC2)=NC2C1C(=O)NC(=O)N2C. The summed E-state index contributed by atoms with van der Waals surface area (Å²) in [5, 5.41) is 3.23. The minimum Gasteiger partial charge on any atom is -0.343 e. The van der Waals surface area contributed by atoms with Gasteiger partial charge in [0, 0.05) is 44.8 Å². The minimum atomic E-state index is -0.477. The lowest BCUT2D eigenvalue weighted by Crippen LogP contribution is -2.64. The molecule has 0 saturated carbocycles. The fourth-order valence-electron chi connectivity index (χ4n) is 4.03. The molecule has 1 N–H and O–H groups in total. The van der Waals surface area contributed by atoms with Crippen LogP contribution >= 0.6 is 11.8 Å². The van der Waals surface area contributed by atoms with Gasteiger partial charge in [-0.3, -0.25) is 10.1 Å². The maximum absolute atomic E-state index is 12.7. The topological polar surface area (TPSA) is 94.0 Å². The summed E-state index contributed by atoms with van der Waals surface area (Å²) in [4.78, 5) is 44.1. The lowest BCUT2D eigenvalue weighted by Gasteiger charge is -2.39. The number of hydrogen-bond donors (Lipinski definition) is 1. The van der Waals surface area contributed by atoms with E-state index in [4.69, 9.17) is 4.99 Å². The van der Waals surface area contributed by atoms with Gasteiger partial charge in [0.2, 0.25) is 0 Å². The van der Waals surface area contributed by atoms with E-state index >= 15 is 0 Å². The maximum atomic E-state index is 12.7. The number of guanidine groups is 1. The number of likely N-dealkylation sites (tertiary alicyclic amines) is 1. The van der Waals surface area contributed by atoms with Crippen molar-refractivity contribution in [3.63, 3.8) is 0 Å². The molecule has 1 aromatic heterocycles. The summed E-state index contributed by atoms with van der Waals surface area (Å²) < 4.78 is 0. The molecule has 2 saturated heterocycles. The highest BCUT2D eigenvalue weighted by atomic mass is 32.2. The number of aromatic nitrogens is 2. The molecule has 3 atom stereocenters. The van der Waals surface area contributed by atoms with Gasteiger partial charge in [0.1, 0.15) is 0 Å². The fraction of sp³-hybridized carbons (Fsp3) is 0.632. The quantitative estimate of drug-likeness (QED) is 0.569. The summed E-state index contributed by atoms with van der Waals surface area (Å²) in [6.45, 7) is 4.72. The van der Waals surface area contributed by atoms with Gasteiger partial charge in [0.05, 0.1) is 0 Å². The molecule has 156 valence electrons. The van der Waals surface area contributed by atoms with Gasteiger partial charge in [0.15, 0.2) is 23.3 Å². The van der Waals surface area contributed by atoms with E-state index in [1.54, 1.807) is 37.3 Å². The van der Waals surface area contributed by atoms with Crippen molar-refractivity contribution < 1.29 is 9.59 Å². The van der Waals surface area contributed by atoms with Gasteiger partial charge < -0.3 is 14.7 Å². The normalized spacial score (nSPS) is 25.6. The monoisotopic (exact) mass is 417 g/mol. The third kappa shape index (κ3) is 4.17. The molecule has 4 rings (SSSR count). The Balaban J connectivity index is 1.50. The Bertz CT molecular complexity index is 784. The lowest BCUT2D eigenvalue weighted by atomic mass is 10.1. The molecular formula is C19H27N7O2S. The number of carbonyl (C=O) groups excluding carboxylic acids is 2. The van der Waals surface area contributed by atoms with Crippen molar-refractivity contribution in [3.8, 4) is 0 Å². The first-order valence-corrected chi connectivity index (χ1v) is 11.1. The number of amides is 3. The first-order valence-electron chi connectivity index (χ1n) is 10.1. The fourth-order valence-corrected chi connectivity index (χ4v) is 4.84. The molecule has 0 bridgehead atoms. The average Bonchev–Trinajstić information content (AvgIpc) is 3.12. The zero-order chi connectivity index (χ0) is 20.4. The number of hydrogen-bond acceptors (Lipinski definition) is 8. The molecule has 0 spiro atoms. The standard InChI is InChI=1S/C19H27N7O2S/c1-13(12-29-17-20-7-6-8-21-17)11-26-14-15(24(2)19(28)23-16(14)27)22-18(26)25-9-4-3-5-10-25/h6-8,13-15H,3-5,9-12H2,1-2H3,(H,23,27,28). The largest absolute Gasteiger partial charge is 0.343 e. The molecular weight excluding hydrogens is 390 g/mol. The number of thioether (sulfide) groups is 1. The molecule has 3 unspecified atom stereocenters. The van der Waals surface area contributed by atoms with Crippen molar-refractivity contribution in [1.82, 2.24) is 30.0 Å². The Morgan fingerprint density at radius 3 is 2.66 bits per heavy atom. The van der Waals surface area contributed by atoms with Crippen molar-refractivity contribution >= 4 is 29.7 Å². The van der Waals surface area contributed by atoms with Crippen LogP contribution in [0.15, 0.2) is 28.6 Å². The summed E-state index contributed by atoms with van der Waals surface area (Å²) >= 11 is 1.61. The Kier molecular flexibility index (Phi) is 5.89. The molecule has 29 heavy (non-hydrogen) atoms.